The third-order valence-electron chi connectivity index (χ3n) is 3.40. The number of carbonyl (C=O) groups excluding carboxylic acids is 3. The Morgan fingerprint density at radius 2 is 1.72 bits per heavy atom. The lowest BCUT2D eigenvalue weighted by atomic mass is 10.1. The van der Waals surface area contributed by atoms with Crippen LogP contribution in [-0.4, -0.2) is 72.3 Å². The molecule has 25 heavy (non-hydrogen) atoms. The van der Waals surface area contributed by atoms with Crippen molar-refractivity contribution in [3.8, 4) is 6.07 Å². The van der Waals surface area contributed by atoms with Gasteiger partial charge in [0.2, 0.25) is 5.91 Å². The number of hydrogen-bond acceptors (Lipinski definition) is 6. The van der Waals surface area contributed by atoms with Crippen LogP contribution in [0.2, 0.25) is 0 Å². The van der Waals surface area contributed by atoms with E-state index in [-0.39, 0.29) is 12.3 Å². The molecule has 140 valence electrons. The molecule has 0 saturated carbocycles. The van der Waals surface area contributed by atoms with Crippen LogP contribution in [0.5, 0.6) is 0 Å². The molecule has 0 aromatic rings. The van der Waals surface area contributed by atoms with Crippen molar-refractivity contribution < 1.29 is 23.9 Å². The molecule has 1 aliphatic heterocycles. The van der Waals surface area contributed by atoms with Crippen molar-refractivity contribution in [2.75, 3.05) is 32.8 Å². The summed E-state index contributed by atoms with van der Waals surface area (Å²) in [6.07, 6.45) is -1.31. The minimum atomic E-state index is -0.978. The summed E-state index contributed by atoms with van der Waals surface area (Å²) >= 11 is 0. The quantitative estimate of drug-likeness (QED) is 0.809. The number of rotatable bonds is 4. The Kier molecular flexibility index (Phi) is 7.48. The minimum absolute atomic E-state index is 0.157. The zero-order valence-corrected chi connectivity index (χ0v) is 15.2. The molecule has 1 atom stereocenters. The third-order valence-corrected chi connectivity index (χ3v) is 3.40. The Labute approximate surface area is 147 Å². The average molecular weight is 354 g/mol. The summed E-state index contributed by atoms with van der Waals surface area (Å²) in [5.74, 6) is -0.365. The van der Waals surface area contributed by atoms with Crippen LogP contribution in [0.3, 0.4) is 0 Å². The maximum absolute atomic E-state index is 12.6. The molecule has 1 rings (SSSR count). The van der Waals surface area contributed by atoms with Gasteiger partial charge in [0.25, 0.3) is 0 Å². The maximum atomic E-state index is 12.6. The third kappa shape index (κ3) is 6.87. The molecule has 3 amide bonds. The molecular formula is C16H26N4O5. The van der Waals surface area contributed by atoms with E-state index < -0.39 is 23.8 Å². The molecule has 9 nitrogen and oxygen atoms in total. The van der Waals surface area contributed by atoms with Crippen molar-refractivity contribution in [1.29, 1.82) is 5.26 Å². The SMILES string of the molecule is CCOC(=O)N1CCN(C(=O)[C@H](CC#N)NC(=O)OC(C)(C)C)CC1. The van der Waals surface area contributed by atoms with E-state index >= 15 is 0 Å². The molecule has 0 unspecified atom stereocenters. The molecule has 1 aliphatic rings. The van der Waals surface area contributed by atoms with Crippen molar-refractivity contribution >= 4 is 18.1 Å². The van der Waals surface area contributed by atoms with Gasteiger partial charge in [-0.3, -0.25) is 4.79 Å². The summed E-state index contributed by atoms with van der Waals surface area (Å²) in [5.41, 5.74) is -0.699. The number of carbonyl (C=O) groups is 3. The topological polar surface area (TPSA) is 112 Å². The lowest BCUT2D eigenvalue weighted by molar-refractivity contribution is -0.135. The van der Waals surface area contributed by atoms with Crippen molar-refractivity contribution in [1.82, 2.24) is 15.1 Å². The summed E-state index contributed by atoms with van der Waals surface area (Å²) in [6.45, 7) is 8.47. The van der Waals surface area contributed by atoms with Crippen molar-refractivity contribution in [2.24, 2.45) is 0 Å². The number of amides is 3. The Morgan fingerprint density at radius 1 is 1.16 bits per heavy atom. The lowest BCUT2D eigenvalue weighted by Crippen LogP contribution is -2.56. The van der Waals surface area contributed by atoms with Gasteiger partial charge in [0.1, 0.15) is 11.6 Å². The van der Waals surface area contributed by atoms with Gasteiger partial charge in [-0.1, -0.05) is 0 Å². The molecule has 0 spiro atoms. The van der Waals surface area contributed by atoms with Crippen molar-refractivity contribution in [3.05, 3.63) is 0 Å². The molecule has 0 aromatic carbocycles. The standard InChI is InChI=1S/C16H26N4O5/c1-5-24-15(23)20-10-8-19(9-11-20)13(21)12(6-7-17)18-14(22)25-16(2,3)4/h12H,5-6,8-11H2,1-4H3,(H,18,22)/t12-/m0/s1. The number of piperazine rings is 1. The van der Waals surface area contributed by atoms with Crippen LogP contribution in [-0.2, 0) is 14.3 Å². The highest BCUT2D eigenvalue weighted by Crippen LogP contribution is 2.10. The predicted molar refractivity (Wildman–Crippen MR) is 88.6 cm³/mol. The van der Waals surface area contributed by atoms with Crippen LogP contribution in [0, 0.1) is 11.3 Å². The number of ether oxygens (including phenoxy) is 2. The lowest BCUT2D eigenvalue weighted by Gasteiger charge is -2.35. The Balaban J connectivity index is 2.61. The summed E-state index contributed by atoms with van der Waals surface area (Å²) in [4.78, 5) is 39.1. The molecule has 1 fully saturated rings. The highest BCUT2D eigenvalue weighted by Gasteiger charge is 2.31. The molecule has 0 radical (unpaired) electrons. The van der Waals surface area contributed by atoms with E-state index in [2.05, 4.69) is 5.32 Å². The first-order chi connectivity index (χ1) is 11.7. The Bertz CT molecular complexity index is 530. The van der Waals surface area contributed by atoms with Gasteiger partial charge in [-0.15, -0.1) is 0 Å². The van der Waals surface area contributed by atoms with Crippen LogP contribution < -0.4 is 5.32 Å². The van der Waals surface area contributed by atoms with Crippen molar-refractivity contribution in [3.63, 3.8) is 0 Å². The number of nitriles is 1. The highest BCUT2D eigenvalue weighted by atomic mass is 16.6. The van der Waals surface area contributed by atoms with Crippen LogP contribution in [0.1, 0.15) is 34.1 Å². The van der Waals surface area contributed by atoms with E-state index in [1.54, 1.807) is 27.7 Å². The first-order valence-electron chi connectivity index (χ1n) is 8.25. The maximum Gasteiger partial charge on any atom is 0.409 e. The highest BCUT2D eigenvalue weighted by molar-refractivity contribution is 5.86. The number of hydrogen-bond donors (Lipinski definition) is 1. The van der Waals surface area contributed by atoms with Crippen LogP contribution >= 0.6 is 0 Å². The second kappa shape index (κ2) is 9.11. The van der Waals surface area contributed by atoms with Gasteiger partial charge >= 0.3 is 12.2 Å². The number of nitrogens with zero attached hydrogens (tertiary/aromatic N) is 3. The molecular weight excluding hydrogens is 328 g/mol. The second-order valence-electron chi connectivity index (χ2n) is 6.57. The molecule has 1 heterocycles. The van der Waals surface area contributed by atoms with Crippen molar-refractivity contribution in [2.45, 2.75) is 45.8 Å². The smallest absolute Gasteiger partial charge is 0.409 e. The summed E-state index contributed by atoms with van der Waals surface area (Å²) < 4.78 is 10.1. The van der Waals surface area contributed by atoms with E-state index in [1.165, 1.54) is 9.80 Å². The zero-order chi connectivity index (χ0) is 19.0. The van der Waals surface area contributed by atoms with Gasteiger partial charge in [0.05, 0.1) is 19.1 Å². The van der Waals surface area contributed by atoms with Gasteiger partial charge in [-0.25, -0.2) is 9.59 Å². The Hall–Kier alpha value is -2.50. The monoisotopic (exact) mass is 354 g/mol. The van der Waals surface area contributed by atoms with E-state index in [0.717, 1.165) is 0 Å². The number of nitrogens with one attached hydrogen (secondary N) is 1. The first-order valence-corrected chi connectivity index (χ1v) is 8.25. The molecule has 0 aromatic heterocycles. The second-order valence-corrected chi connectivity index (χ2v) is 6.57. The van der Waals surface area contributed by atoms with Gasteiger partial charge in [-0.05, 0) is 27.7 Å². The zero-order valence-electron chi connectivity index (χ0n) is 15.2. The number of alkyl carbamates (subject to hydrolysis) is 1. The fourth-order valence-corrected chi connectivity index (χ4v) is 2.29. The van der Waals surface area contributed by atoms with Crippen LogP contribution in [0.4, 0.5) is 9.59 Å². The Morgan fingerprint density at radius 3 is 2.20 bits per heavy atom. The van der Waals surface area contributed by atoms with Gasteiger partial charge < -0.3 is 24.6 Å². The normalized spacial score (nSPS) is 15.8. The van der Waals surface area contributed by atoms with Crippen LogP contribution in [0.15, 0.2) is 0 Å². The summed E-state index contributed by atoms with van der Waals surface area (Å²) in [5, 5.41) is 11.4. The molecule has 0 bridgehead atoms. The average Bonchev–Trinajstić information content (AvgIpc) is 2.52. The van der Waals surface area contributed by atoms with E-state index in [4.69, 9.17) is 14.7 Å². The fourth-order valence-electron chi connectivity index (χ4n) is 2.29. The van der Waals surface area contributed by atoms with Gasteiger partial charge in [0, 0.05) is 26.2 Å². The fraction of sp³-hybridized carbons (Fsp3) is 0.750. The summed E-state index contributed by atoms with van der Waals surface area (Å²) in [6, 6.07) is 0.920. The van der Waals surface area contributed by atoms with Gasteiger partial charge in [0.15, 0.2) is 0 Å². The molecule has 1 N–H and O–H groups in total. The minimum Gasteiger partial charge on any atom is -0.450 e. The van der Waals surface area contributed by atoms with Gasteiger partial charge in [-0.2, -0.15) is 5.26 Å². The summed E-state index contributed by atoms with van der Waals surface area (Å²) in [7, 11) is 0. The molecule has 9 heteroatoms. The van der Waals surface area contributed by atoms with E-state index in [0.29, 0.717) is 32.8 Å². The largest absolute Gasteiger partial charge is 0.450 e. The molecule has 0 aliphatic carbocycles. The van der Waals surface area contributed by atoms with E-state index in [1.807, 2.05) is 6.07 Å². The van der Waals surface area contributed by atoms with Crippen LogP contribution in [0.25, 0.3) is 0 Å². The molecule has 1 saturated heterocycles. The predicted octanol–water partition coefficient (Wildman–Crippen LogP) is 1.09. The first kappa shape index (κ1) is 20.5. The van der Waals surface area contributed by atoms with E-state index in [9.17, 15) is 14.4 Å².